The van der Waals surface area contributed by atoms with E-state index >= 15 is 0 Å². The van der Waals surface area contributed by atoms with Crippen LogP contribution in [0.4, 0.5) is 0 Å². The molecular weight excluding hydrogens is 434 g/mol. The van der Waals surface area contributed by atoms with Crippen molar-refractivity contribution in [1.82, 2.24) is 20.0 Å². The largest absolute Gasteiger partial charge is 0.321 e. The first-order valence-corrected chi connectivity index (χ1v) is 12.9. The number of hydrogen-bond acceptors (Lipinski definition) is 5. The van der Waals surface area contributed by atoms with Crippen molar-refractivity contribution in [3.63, 3.8) is 0 Å². The van der Waals surface area contributed by atoms with E-state index in [0.29, 0.717) is 17.3 Å². The van der Waals surface area contributed by atoms with Gasteiger partial charge >= 0.3 is 0 Å². The molecule has 0 spiro atoms. The van der Waals surface area contributed by atoms with Crippen molar-refractivity contribution in [2.24, 2.45) is 16.8 Å². The molecule has 0 saturated heterocycles. The average Bonchev–Trinajstić information content (AvgIpc) is 3.19. The summed E-state index contributed by atoms with van der Waals surface area (Å²) in [5.74, 6) is 12.0. The first-order valence-electron chi connectivity index (χ1n) is 12.9. The minimum atomic E-state index is 0.379. The van der Waals surface area contributed by atoms with Crippen LogP contribution in [-0.4, -0.2) is 20.4 Å². The zero-order valence-corrected chi connectivity index (χ0v) is 20.9. The molecule has 5 rings (SSSR count). The lowest BCUT2D eigenvalue weighted by Crippen LogP contribution is -2.32. The normalized spacial score (nSPS) is 17.2. The average molecular weight is 472 g/mol. The lowest BCUT2D eigenvalue weighted by molar-refractivity contribution is 0.429. The highest BCUT2D eigenvalue weighted by Gasteiger charge is 2.26. The summed E-state index contributed by atoms with van der Waals surface area (Å²) in [6, 6.07) is 10.7. The van der Waals surface area contributed by atoms with E-state index in [0.717, 1.165) is 24.9 Å². The molecule has 2 heterocycles. The Bertz CT molecular complexity index is 1210. The van der Waals surface area contributed by atoms with Crippen molar-refractivity contribution in [3.05, 3.63) is 77.3 Å². The maximum absolute atomic E-state index is 5.63. The molecule has 1 aromatic carbocycles. The van der Waals surface area contributed by atoms with E-state index < -0.39 is 0 Å². The van der Waals surface area contributed by atoms with E-state index in [1.807, 2.05) is 24.6 Å². The molecule has 0 unspecified atom stereocenters. The molecular formula is C28H37N7. The van der Waals surface area contributed by atoms with Gasteiger partial charge in [-0.15, -0.1) is 0 Å². The molecule has 3 aromatic rings. The van der Waals surface area contributed by atoms with Gasteiger partial charge in [-0.25, -0.2) is 15.3 Å². The molecule has 7 heteroatoms. The first-order chi connectivity index (χ1) is 17.3. The van der Waals surface area contributed by atoms with E-state index in [2.05, 4.69) is 53.0 Å². The number of rotatable bonds is 4. The van der Waals surface area contributed by atoms with Crippen LogP contribution in [0.25, 0.3) is 16.8 Å². The van der Waals surface area contributed by atoms with E-state index in [4.69, 9.17) is 21.8 Å². The van der Waals surface area contributed by atoms with Crippen molar-refractivity contribution in [2.45, 2.75) is 71.1 Å². The molecule has 0 radical (unpaired) electrons. The summed E-state index contributed by atoms with van der Waals surface area (Å²) in [6.45, 7) is 4.00. The Balaban J connectivity index is 0.00000141. The van der Waals surface area contributed by atoms with Gasteiger partial charge in [0.25, 0.3) is 0 Å². The van der Waals surface area contributed by atoms with E-state index in [1.165, 1.54) is 60.1 Å². The maximum atomic E-state index is 5.63. The van der Waals surface area contributed by atoms with Gasteiger partial charge in [-0.3, -0.25) is 0 Å². The van der Waals surface area contributed by atoms with Gasteiger partial charge in [0.2, 0.25) is 0 Å². The molecule has 0 aliphatic heterocycles. The number of hydrogen-bond donors (Lipinski definition) is 3. The molecule has 0 atom stereocenters. The third kappa shape index (κ3) is 5.15. The number of hydrazine groups is 1. The minimum Gasteiger partial charge on any atom is -0.321 e. The van der Waals surface area contributed by atoms with Crippen LogP contribution in [0, 0.1) is 0 Å². The van der Waals surface area contributed by atoms with Gasteiger partial charge in [-0.05, 0) is 48.8 Å². The Kier molecular flexibility index (Phi) is 8.32. The molecule has 1 saturated carbocycles. The SMILES string of the molecule is CC.N/N=C(\NN)c1cnn2c(C3CCCCC3)c(C3=CC=C(c4ccccc4)CCC3)cnc12. The molecule has 0 amide bonds. The summed E-state index contributed by atoms with van der Waals surface area (Å²) in [5.41, 5.74) is 10.5. The Hall–Kier alpha value is -3.45. The highest BCUT2D eigenvalue weighted by atomic mass is 15.3. The van der Waals surface area contributed by atoms with Crippen molar-refractivity contribution < 1.29 is 0 Å². The molecule has 7 nitrogen and oxygen atoms in total. The summed E-state index contributed by atoms with van der Waals surface area (Å²) < 4.78 is 2.00. The monoisotopic (exact) mass is 471 g/mol. The molecule has 0 bridgehead atoms. The summed E-state index contributed by atoms with van der Waals surface area (Å²) in [6.07, 6.45) is 17.7. The van der Waals surface area contributed by atoms with Gasteiger partial charge in [0, 0.05) is 17.7 Å². The summed E-state index contributed by atoms with van der Waals surface area (Å²) in [4.78, 5) is 4.80. The Morgan fingerprint density at radius 1 is 0.971 bits per heavy atom. The van der Waals surface area contributed by atoms with Gasteiger partial charge in [0.1, 0.15) is 0 Å². The second-order valence-corrected chi connectivity index (χ2v) is 8.91. The number of amidine groups is 1. The fraction of sp³-hybridized carbons (Fsp3) is 0.393. The molecule has 184 valence electrons. The van der Waals surface area contributed by atoms with Gasteiger partial charge < -0.3 is 11.3 Å². The number of hydrazone groups is 1. The smallest absolute Gasteiger partial charge is 0.172 e. The number of nitrogens with two attached hydrogens (primary N) is 2. The van der Waals surface area contributed by atoms with Crippen LogP contribution in [0.15, 0.2) is 60.0 Å². The second kappa shape index (κ2) is 11.8. The summed E-state index contributed by atoms with van der Waals surface area (Å²) >= 11 is 0. The van der Waals surface area contributed by atoms with Crippen LogP contribution in [0.5, 0.6) is 0 Å². The molecule has 2 aliphatic carbocycles. The maximum Gasteiger partial charge on any atom is 0.172 e. The van der Waals surface area contributed by atoms with E-state index in [-0.39, 0.29) is 0 Å². The second-order valence-electron chi connectivity index (χ2n) is 8.91. The third-order valence-corrected chi connectivity index (χ3v) is 6.95. The third-order valence-electron chi connectivity index (χ3n) is 6.95. The van der Waals surface area contributed by atoms with Crippen molar-refractivity contribution >= 4 is 22.6 Å². The molecule has 2 aromatic heterocycles. The lowest BCUT2D eigenvalue weighted by atomic mass is 9.83. The fourth-order valence-electron chi connectivity index (χ4n) is 5.27. The fourth-order valence-corrected chi connectivity index (χ4v) is 5.27. The number of benzene rings is 1. The number of nitrogens with one attached hydrogen (secondary N) is 1. The standard InChI is InChI=1S/C26H31N7.C2H6/c27-31-25(32-28)23-17-30-33-24(21-10-5-2-6-11-21)22(16-29-26(23)33)20-13-7-12-19(14-15-20)18-8-3-1-4-9-18;1-2/h1,3-4,8-9,14-17,21H,2,5-7,10-13,27-28H2,(H,31,32);1-2H3. The quantitative estimate of drug-likeness (QED) is 0.200. The van der Waals surface area contributed by atoms with Crippen LogP contribution in [0.3, 0.4) is 0 Å². The van der Waals surface area contributed by atoms with Crippen LogP contribution >= 0.6 is 0 Å². The molecule has 2 aliphatic rings. The predicted molar refractivity (Wildman–Crippen MR) is 144 cm³/mol. The van der Waals surface area contributed by atoms with E-state index in [9.17, 15) is 0 Å². The van der Waals surface area contributed by atoms with Crippen LogP contribution in [-0.2, 0) is 0 Å². The van der Waals surface area contributed by atoms with Gasteiger partial charge in [0.15, 0.2) is 11.5 Å². The molecule has 5 N–H and O–H groups in total. The topological polar surface area (TPSA) is 107 Å². The predicted octanol–water partition coefficient (Wildman–Crippen LogP) is 5.54. The van der Waals surface area contributed by atoms with Crippen molar-refractivity contribution in [1.29, 1.82) is 0 Å². The van der Waals surface area contributed by atoms with Crippen LogP contribution in [0.2, 0.25) is 0 Å². The van der Waals surface area contributed by atoms with Crippen molar-refractivity contribution in [2.75, 3.05) is 0 Å². The highest BCUT2D eigenvalue weighted by Crippen LogP contribution is 2.39. The Morgan fingerprint density at radius 3 is 2.40 bits per heavy atom. The first kappa shape index (κ1) is 24.7. The van der Waals surface area contributed by atoms with Crippen LogP contribution < -0.4 is 17.1 Å². The molecule has 1 fully saturated rings. The Morgan fingerprint density at radius 2 is 1.69 bits per heavy atom. The lowest BCUT2D eigenvalue weighted by Gasteiger charge is -2.25. The summed E-state index contributed by atoms with van der Waals surface area (Å²) in [7, 11) is 0. The molecule has 35 heavy (non-hydrogen) atoms. The number of fused-ring (bicyclic) bond motifs is 1. The summed E-state index contributed by atoms with van der Waals surface area (Å²) in [5, 5.41) is 8.50. The van der Waals surface area contributed by atoms with Crippen LogP contribution in [0.1, 0.15) is 93.5 Å². The zero-order valence-electron chi connectivity index (χ0n) is 20.9. The van der Waals surface area contributed by atoms with Gasteiger partial charge in [0.05, 0.1) is 17.5 Å². The number of nitrogens with zero attached hydrogens (tertiary/aromatic N) is 4. The number of allylic oxidation sites excluding steroid dienone is 4. The zero-order chi connectivity index (χ0) is 24.6. The van der Waals surface area contributed by atoms with E-state index in [1.54, 1.807) is 6.20 Å². The van der Waals surface area contributed by atoms with Gasteiger partial charge in [-0.2, -0.15) is 10.2 Å². The Labute approximate surface area is 208 Å². The highest BCUT2D eigenvalue weighted by molar-refractivity contribution is 6.03. The van der Waals surface area contributed by atoms with Crippen molar-refractivity contribution in [3.8, 4) is 0 Å². The van der Waals surface area contributed by atoms with Gasteiger partial charge in [-0.1, -0.05) is 75.6 Å². The minimum absolute atomic E-state index is 0.379. The number of aromatic nitrogens is 3.